The smallest absolute Gasteiger partial charge is 0.0867 e. The standard InChI is InChI=1S/C37H55NO2/c1-7-9-11-12-25-39-35-23-21-32(22-24-35)31-15-13-29(14-16-31)30-17-19-33(20-18-30)34-27-36(3,4)38(37(5,6)28-34)40-26-10-8-2/h8,10,13-20,32,34-35H,7,9,11-12,21-28H2,1-6H3/b10-8+. The molecule has 3 heteroatoms. The molecule has 1 saturated carbocycles. The largest absolute Gasteiger partial charge is 0.378 e. The predicted octanol–water partition coefficient (Wildman–Crippen LogP) is 10.2. The summed E-state index contributed by atoms with van der Waals surface area (Å²) in [4.78, 5) is 6.24. The van der Waals surface area contributed by atoms with Crippen molar-refractivity contribution in [2.24, 2.45) is 0 Å². The van der Waals surface area contributed by atoms with Gasteiger partial charge in [0.05, 0.1) is 12.7 Å². The Morgan fingerprint density at radius 3 is 1.82 bits per heavy atom. The molecular formula is C37H55NO2. The van der Waals surface area contributed by atoms with Crippen LogP contribution in [0.3, 0.4) is 0 Å². The van der Waals surface area contributed by atoms with Crippen molar-refractivity contribution in [2.75, 3.05) is 13.2 Å². The first-order valence-electron chi connectivity index (χ1n) is 16.1. The predicted molar refractivity (Wildman–Crippen MR) is 170 cm³/mol. The maximum Gasteiger partial charge on any atom is 0.0867 e. The number of hydroxylamine groups is 2. The van der Waals surface area contributed by atoms with Crippen LogP contribution in [0.5, 0.6) is 0 Å². The van der Waals surface area contributed by atoms with E-state index in [1.807, 2.05) is 6.92 Å². The molecule has 2 aromatic rings. The monoisotopic (exact) mass is 545 g/mol. The third-order valence-electron chi connectivity index (χ3n) is 9.25. The van der Waals surface area contributed by atoms with E-state index < -0.39 is 0 Å². The van der Waals surface area contributed by atoms with Crippen molar-refractivity contribution >= 4 is 0 Å². The molecule has 2 aliphatic rings. The fraction of sp³-hybridized carbons (Fsp3) is 0.622. The lowest BCUT2D eigenvalue weighted by Crippen LogP contribution is -2.59. The Morgan fingerprint density at radius 1 is 0.750 bits per heavy atom. The van der Waals surface area contributed by atoms with E-state index in [-0.39, 0.29) is 11.1 Å². The minimum absolute atomic E-state index is 0.0254. The number of ether oxygens (including phenoxy) is 1. The van der Waals surface area contributed by atoms with Gasteiger partial charge in [0.1, 0.15) is 0 Å². The van der Waals surface area contributed by atoms with Crippen molar-refractivity contribution in [3.05, 3.63) is 71.8 Å². The highest BCUT2D eigenvalue weighted by molar-refractivity contribution is 5.64. The number of unbranched alkanes of at least 4 members (excludes halogenated alkanes) is 3. The third kappa shape index (κ3) is 8.08. The fourth-order valence-corrected chi connectivity index (χ4v) is 7.30. The number of nitrogens with zero attached hydrogens (tertiary/aromatic N) is 1. The van der Waals surface area contributed by atoms with Crippen LogP contribution < -0.4 is 0 Å². The summed E-state index contributed by atoms with van der Waals surface area (Å²) in [7, 11) is 0. The molecule has 0 spiro atoms. The molecule has 0 unspecified atom stereocenters. The van der Waals surface area contributed by atoms with E-state index in [2.05, 4.69) is 100 Å². The van der Waals surface area contributed by atoms with Crippen LogP contribution in [0.25, 0.3) is 11.1 Å². The number of benzene rings is 2. The summed E-state index contributed by atoms with van der Waals surface area (Å²) in [6, 6.07) is 18.8. The number of rotatable bonds is 12. The molecular weight excluding hydrogens is 490 g/mol. The van der Waals surface area contributed by atoms with Crippen LogP contribution in [0.15, 0.2) is 60.7 Å². The van der Waals surface area contributed by atoms with Gasteiger partial charge in [0, 0.05) is 17.7 Å². The highest BCUT2D eigenvalue weighted by Gasteiger charge is 2.46. The second kappa shape index (κ2) is 14.3. The number of hydrogen-bond acceptors (Lipinski definition) is 3. The van der Waals surface area contributed by atoms with Crippen LogP contribution >= 0.6 is 0 Å². The van der Waals surface area contributed by atoms with Gasteiger partial charge in [-0.3, -0.25) is 4.84 Å². The summed E-state index contributed by atoms with van der Waals surface area (Å²) < 4.78 is 6.18. The Kier molecular flexibility index (Phi) is 11.1. The van der Waals surface area contributed by atoms with Crippen molar-refractivity contribution in [1.82, 2.24) is 5.06 Å². The minimum atomic E-state index is -0.0254. The lowest BCUT2D eigenvalue weighted by molar-refractivity contribution is -0.277. The van der Waals surface area contributed by atoms with Crippen LogP contribution in [0.1, 0.15) is 129 Å². The fourth-order valence-electron chi connectivity index (χ4n) is 7.30. The van der Waals surface area contributed by atoms with Gasteiger partial charge in [0.25, 0.3) is 0 Å². The SMILES string of the molecule is C/C=C/CON1C(C)(C)CC(c2ccc(-c3ccc(C4CCC(OCCCCCC)CC4)cc3)cc2)CC1(C)C. The van der Waals surface area contributed by atoms with Gasteiger partial charge < -0.3 is 4.74 Å². The zero-order valence-electron chi connectivity index (χ0n) is 26.3. The molecule has 0 atom stereocenters. The van der Waals surface area contributed by atoms with Crippen LogP contribution in [0.2, 0.25) is 0 Å². The average molecular weight is 546 g/mol. The van der Waals surface area contributed by atoms with Crippen molar-refractivity contribution in [3.63, 3.8) is 0 Å². The molecule has 2 aromatic carbocycles. The van der Waals surface area contributed by atoms with Gasteiger partial charge in [-0.15, -0.1) is 0 Å². The van der Waals surface area contributed by atoms with Crippen molar-refractivity contribution in [2.45, 2.75) is 135 Å². The molecule has 1 aliphatic heterocycles. The maximum absolute atomic E-state index is 6.24. The topological polar surface area (TPSA) is 21.7 Å². The third-order valence-corrected chi connectivity index (χ3v) is 9.25. The molecule has 0 aromatic heterocycles. The van der Waals surface area contributed by atoms with Gasteiger partial charge in [0.2, 0.25) is 0 Å². The summed E-state index contributed by atoms with van der Waals surface area (Å²) in [6.07, 6.45) is 16.9. The van der Waals surface area contributed by atoms with Gasteiger partial charge in [-0.2, -0.15) is 5.06 Å². The van der Waals surface area contributed by atoms with E-state index in [9.17, 15) is 0 Å². The number of allylic oxidation sites excluding steroid dienone is 1. The summed E-state index contributed by atoms with van der Waals surface area (Å²) in [5.41, 5.74) is 5.51. The first-order chi connectivity index (χ1) is 19.2. The van der Waals surface area contributed by atoms with E-state index in [1.165, 1.54) is 73.6 Å². The van der Waals surface area contributed by atoms with Gasteiger partial charge in [-0.25, -0.2) is 0 Å². The van der Waals surface area contributed by atoms with Crippen LogP contribution in [-0.4, -0.2) is 35.5 Å². The Bertz CT molecular complexity index is 1030. The second-order valence-corrected chi connectivity index (χ2v) is 13.5. The lowest BCUT2D eigenvalue weighted by atomic mass is 9.72. The molecule has 220 valence electrons. The van der Waals surface area contributed by atoms with Gasteiger partial charge in [-0.1, -0.05) is 86.9 Å². The van der Waals surface area contributed by atoms with Gasteiger partial charge >= 0.3 is 0 Å². The summed E-state index contributed by atoms with van der Waals surface area (Å²) >= 11 is 0. The Labute approximate surface area is 245 Å². The van der Waals surface area contributed by atoms with Crippen molar-refractivity contribution in [3.8, 4) is 11.1 Å². The maximum atomic E-state index is 6.24. The Balaban J connectivity index is 1.31. The first kappa shape index (κ1) is 31.0. The summed E-state index contributed by atoms with van der Waals surface area (Å²) in [6.45, 7) is 15.2. The normalized spacial score (nSPS) is 23.6. The molecule has 1 aliphatic carbocycles. The van der Waals surface area contributed by atoms with Crippen LogP contribution in [0, 0.1) is 0 Å². The van der Waals surface area contributed by atoms with Gasteiger partial charge in [-0.05, 0) is 114 Å². The molecule has 2 fully saturated rings. The Morgan fingerprint density at radius 2 is 1.30 bits per heavy atom. The Hall–Kier alpha value is -1.94. The van der Waals surface area contributed by atoms with E-state index >= 15 is 0 Å². The molecule has 4 rings (SSSR count). The zero-order chi connectivity index (χ0) is 28.6. The van der Waals surface area contributed by atoms with Crippen LogP contribution in [0.4, 0.5) is 0 Å². The van der Waals surface area contributed by atoms with Crippen LogP contribution in [-0.2, 0) is 9.57 Å². The molecule has 0 bridgehead atoms. The molecule has 0 radical (unpaired) electrons. The number of hydrogen-bond donors (Lipinski definition) is 0. The number of piperidine rings is 1. The highest BCUT2D eigenvalue weighted by atomic mass is 16.7. The van der Waals surface area contributed by atoms with Crippen molar-refractivity contribution < 1.29 is 9.57 Å². The zero-order valence-corrected chi connectivity index (χ0v) is 26.3. The van der Waals surface area contributed by atoms with E-state index in [0.717, 1.165) is 19.4 Å². The lowest BCUT2D eigenvalue weighted by Gasteiger charge is -2.54. The van der Waals surface area contributed by atoms with E-state index in [4.69, 9.17) is 9.57 Å². The minimum Gasteiger partial charge on any atom is -0.378 e. The van der Waals surface area contributed by atoms with Crippen molar-refractivity contribution in [1.29, 1.82) is 0 Å². The molecule has 0 amide bonds. The van der Waals surface area contributed by atoms with E-state index in [1.54, 1.807) is 0 Å². The average Bonchev–Trinajstić information content (AvgIpc) is 2.94. The second-order valence-electron chi connectivity index (χ2n) is 13.5. The molecule has 1 saturated heterocycles. The molecule has 3 nitrogen and oxygen atoms in total. The van der Waals surface area contributed by atoms with E-state index in [0.29, 0.717) is 24.5 Å². The molecule has 1 heterocycles. The molecule has 40 heavy (non-hydrogen) atoms. The molecule has 0 N–H and O–H groups in total. The van der Waals surface area contributed by atoms with Gasteiger partial charge in [0.15, 0.2) is 0 Å². The summed E-state index contributed by atoms with van der Waals surface area (Å²) in [5, 5.41) is 2.25. The highest BCUT2D eigenvalue weighted by Crippen LogP contribution is 2.46. The summed E-state index contributed by atoms with van der Waals surface area (Å²) in [5.74, 6) is 1.20. The first-order valence-corrected chi connectivity index (χ1v) is 16.1. The quantitative estimate of drug-likeness (QED) is 0.196.